The molecular formula is C51H69N5O9. The highest BCUT2D eigenvalue weighted by Gasteiger charge is 2.79. The highest BCUT2D eigenvalue weighted by molar-refractivity contribution is 5.96. The molecule has 9 rings (SSSR count). The third-order valence-corrected chi connectivity index (χ3v) is 17.2. The number of carbonyl (C=O) groups is 3. The number of aliphatic hydroxyl groups is 3. The number of aliphatic hydroxyl groups excluding tert-OH is 1. The maximum atomic E-state index is 15.5. The Morgan fingerprint density at radius 3 is 2.46 bits per heavy atom. The molecule has 3 aromatic rings. The molecule has 65 heavy (non-hydrogen) atoms. The molecule has 1 aromatic heterocycles. The number of amides is 1. The van der Waals surface area contributed by atoms with Crippen LogP contribution in [-0.2, 0) is 41.1 Å². The molecule has 1 spiro atoms. The molecule has 0 radical (unpaired) electrons. The Labute approximate surface area is 382 Å². The van der Waals surface area contributed by atoms with Gasteiger partial charge in [-0.05, 0) is 87.1 Å². The number of hydrogen-bond donors (Lipinski definition) is 5. The van der Waals surface area contributed by atoms with Crippen molar-refractivity contribution in [2.75, 3.05) is 65.5 Å². The molecular weight excluding hydrogens is 827 g/mol. The van der Waals surface area contributed by atoms with Crippen molar-refractivity contribution < 1.29 is 43.9 Å². The van der Waals surface area contributed by atoms with Gasteiger partial charge in [0.2, 0.25) is 0 Å². The van der Waals surface area contributed by atoms with E-state index in [1.165, 1.54) is 7.11 Å². The van der Waals surface area contributed by atoms with E-state index in [9.17, 15) is 20.1 Å². The number of aromatic amines is 1. The topological polar surface area (TPSA) is 177 Å². The average molecular weight is 896 g/mol. The molecule has 2 aromatic carbocycles. The van der Waals surface area contributed by atoms with Crippen molar-refractivity contribution in [2.24, 2.45) is 17.3 Å². The molecule has 1 amide bonds. The molecule has 352 valence electrons. The van der Waals surface area contributed by atoms with Crippen LogP contribution >= 0.6 is 0 Å². The summed E-state index contributed by atoms with van der Waals surface area (Å²) in [5.41, 5.74) is -2.10. The zero-order chi connectivity index (χ0) is 46.4. The summed E-state index contributed by atoms with van der Waals surface area (Å²) in [6.07, 6.45) is 5.98. The standard InChI is InChI=1S/C51H69N5O9/c1-9-30(5)39(41(57)65-12-4)53-45(59)51(62)43-49(20-23-56-21-15-19-48(11-3,42(49)56)44(51)58)34-24-35(38(63-7)25-37(34)54(43)6)50(46(60)64-8)27-31-26-47(61,10-2)29-55(28-31)22-18-33-32-16-13-14-17-36(32)52-40(33)50/h13-17,19,24-25,30-31,39,42-44,52,58,61-62H,9-12,18,20-23,26-29H2,1-8H3,(H,53,59)/t30-,31-,39+,42-,43+,44+,47-,48+,49+,50-,51-/m0/s1. The summed E-state index contributed by atoms with van der Waals surface area (Å²) < 4.78 is 17.9. The van der Waals surface area contributed by atoms with Gasteiger partial charge in [0.05, 0.1) is 32.5 Å². The smallest absolute Gasteiger partial charge is 0.328 e. The van der Waals surface area contributed by atoms with Crippen LogP contribution in [0.1, 0.15) is 95.5 Å². The van der Waals surface area contributed by atoms with E-state index < -0.39 is 63.5 Å². The normalized spacial score (nSPS) is 35.7. The number of piperidine rings is 1. The van der Waals surface area contributed by atoms with Crippen LogP contribution < -0.4 is 15.0 Å². The SMILES string of the molecule is CCOC(=O)[C@H](NC(=O)[C@@]1(O)[C@H](O)[C@]2(CC)C=CCN3CC[C@@]4(c5cc([C@@]6(C(=O)OC)C[C@H]7CN(CCc8c6[nH]c6ccccc86)C[C@](O)(CC)C7)c(OC)cc5N(C)[C@@H]14)[C@@H]32)[C@@H](C)CC. The van der Waals surface area contributed by atoms with Crippen LogP contribution in [-0.4, -0.2) is 144 Å². The van der Waals surface area contributed by atoms with E-state index in [2.05, 4.69) is 32.2 Å². The Morgan fingerprint density at radius 1 is 1.00 bits per heavy atom. The molecule has 14 nitrogen and oxygen atoms in total. The van der Waals surface area contributed by atoms with Crippen molar-refractivity contribution in [2.45, 2.75) is 126 Å². The fraction of sp³-hybridized carbons (Fsp3) is 0.627. The number of aromatic nitrogens is 1. The van der Waals surface area contributed by atoms with Gasteiger partial charge in [0.15, 0.2) is 5.60 Å². The second kappa shape index (κ2) is 16.4. The molecule has 6 heterocycles. The van der Waals surface area contributed by atoms with Crippen molar-refractivity contribution in [1.29, 1.82) is 0 Å². The highest BCUT2D eigenvalue weighted by atomic mass is 16.5. The van der Waals surface area contributed by atoms with Crippen LogP contribution in [0.15, 0.2) is 48.6 Å². The Balaban J connectivity index is 1.31. The summed E-state index contributed by atoms with van der Waals surface area (Å²) in [6.45, 7) is 12.8. The number of carbonyl (C=O) groups excluding carboxylic acids is 3. The van der Waals surface area contributed by atoms with Gasteiger partial charge in [-0.15, -0.1) is 0 Å². The first-order valence-electron chi connectivity index (χ1n) is 24.0. The van der Waals surface area contributed by atoms with Gasteiger partial charge in [0.25, 0.3) is 5.91 Å². The minimum absolute atomic E-state index is 0.119. The lowest BCUT2D eigenvalue weighted by Gasteiger charge is -2.63. The van der Waals surface area contributed by atoms with Crippen molar-refractivity contribution in [3.05, 3.63) is 70.9 Å². The lowest BCUT2D eigenvalue weighted by molar-refractivity contribution is -0.204. The van der Waals surface area contributed by atoms with Crippen LogP contribution in [0.25, 0.3) is 10.9 Å². The fourth-order valence-corrected chi connectivity index (χ4v) is 14.2. The number of nitrogens with one attached hydrogen (secondary N) is 2. The summed E-state index contributed by atoms with van der Waals surface area (Å²) in [5, 5.41) is 42.6. The van der Waals surface area contributed by atoms with Crippen LogP contribution in [0.4, 0.5) is 5.69 Å². The van der Waals surface area contributed by atoms with Gasteiger partial charge in [-0.25, -0.2) is 4.79 Å². The second-order valence-electron chi connectivity index (χ2n) is 20.2. The predicted molar refractivity (Wildman–Crippen MR) is 247 cm³/mol. The fourth-order valence-electron chi connectivity index (χ4n) is 14.2. The number of hydrogen-bond acceptors (Lipinski definition) is 12. The van der Waals surface area contributed by atoms with Gasteiger partial charge in [-0.2, -0.15) is 0 Å². The quantitative estimate of drug-likeness (QED) is 0.136. The maximum Gasteiger partial charge on any atom is 0.328 e. The number of methoxy groups -OCH3 is 2. The Bertz CT molecular complexity index is 2400. The number of H-pyrrole nitrogens is 1. The third-order valence-electron chi connectivity index (χ3n) is 17.2. The molecule has 14 heteroatoms. The molecule has 1 aliphatic carbocycles. The number of rotatable bonds is 11. The molecule has 1 saturated carbocycles. The lowest BCUT2D eigenvalue weighted by atomic mass is 9.47. The average Bonchev–Trinajstić information content (AvgIpc) is 3.97. The minimum Gasteiger partial charge on any atom is -0.496 e. The summed E-state index contributed by atoms with van der Waals surface area (Å²) in [7, 11) is 4.88. The van der Waals surface area contributed by atoms with Crippen LogP contribution in [0.2, 0.25) is 0 Å². The summed E-state index contributed by atoms with van der Waals surface area (Å²) in [4.78, 5) is 54.7. The summed E-state index contributed by atoms with van der Waals surface area (Å²) in [6, 6.07) is 9.73. The van der Waals surface area contributed by atoms with Crippen molar-refractivity contribution >= 4 is 34.4 Å². The Kier molecular flexibility index (Phi) is 11.5. The maximum absolute atomic E-state index is 15.5. The number of benzene rings is 2. The number of fused-ring (bicyclic) bond motifs is 6. The van der Waals surface area contributed by atoms with Crippen LogP contribution in [0.3, 0.4) is 0 Å². The lowest BCUT2D eigenvalue weighted by Crippen LogP contribution is -2.82. The number of nitrogens with zero attached hydrogens (tertiary/aromatic N) is 3. The molecule has 3 fully saturated rings. The molecule has 1 unspecified atom stereocenters. The first-order chi connectivity index (χ1) is 31.1. The largest absolute Gasteiger partial charge is 0.496 e. The van der Waals surface area contributed by atoms with Crippen molar-refractivity contribution in [3.63, 3.8) is 0 Å². The van der Waals surface area contributed by atoms with E-state index in [4.69, 9.17) is 14.2 Å². The van der Waals surface area contributed by atoms with Gasteiger partial charge in [0.1, 0.15) is 23.3 Å². The number of likely N-dealkylation sites (N-methyl/N-ethyl adjacent to an activating group) is 1. The molecule has 12 atom stereocenters. The number of ether oxygens (including phenoxy) is 3. The van der Waals surface area contributed by atoms with Crippen LogP contribution in [0, 0.1) is 17.3 Å². The number of para-hydroxylation sites is 1. The molecule has 2 bridgehead atoms. The van der Waals surface area contributed by atoms with Gasteiger partial charge >= 0.3 is 11.9 Å². The Morgan fingerprint density at radius 2 is 1.77 bits per heavy atom. The molecule has 2 saturated heterocycles. The number of esters is 2. The zero-order valence-corrected chi connectivity index (χ0v) is 39.4. The van der Waals surface area contributed by atoms with Crippen molar-refractivity contribution in [3.8, 4) is 5.75 Å². The van der Waals surface area contributed by atoms with Gasteiger partial charge in [-0.3, -0.25) is 19.4 Å². The summed E-state index contributed by atoms with van der Waals surface area (Å²) >= 11 is 0. The van der Waals surface area contributed by atoms with E-state index in [1.54, 1.807) is 14.0 Å². The molecule has 6 aliphatic rings. The predicted octanol–water partition coefficient (Wildman–Crippen LogP) is 4.34. The van der Waals surface area contributed by atoms with Crippen molar-refractivity contribution in [1.82, 2.24) is 20.1 Å². The Hall–Kier alpha value is -4.47. The van der Waals surface area contributed by atoms with E-state index in [0.717, 1.165) is 27.7 Å². The first kappa shape index (κ1) is 45.7. The van der Waals surface area contributed by atoms with E-state index in [0.29, 0.717) is 94.7 Å². The number of anilines is 1. The van der Waals surface area contributed by atoms with E-state index in [-0.39, 0.29) is 24.5 Å². The van der Waals surface area contributed by atoms with Gasteiger partial charge in [-0.1, -0.05) is 64.5 Å². The second-order valence-corrected chi connectivity index (χ2v) is 20.2. The highest BCUT2D eigenvalue weighted by Crippen LogP contribution is 2.67. The molecule has 5 aliphatic heterocycles. The van der Waals surface area contributed by atoms with Gasteiger partial charge in [0, 0.05) is 84.0 Å². The van der Waals surface area contributed by atoms with Gasteiger partial charge < -0.3 is 44.7 Å². The first-order valence-corrected chi connectivity index (χ1v) is 24.0. The van der Waals surface area contributed by atoms with E-state index >= 15 is 9.59 Å². The minimum atomic E-state index is -2.44. The summed E-state index contributed by atoms with van der Waals surface area (Å²) in [5.74, 6) is -1.89. The zero-order valence-electron chi connectivity index (χ0n) is 39.4. The molecule has 5 N–H and O–H groups in total. The van der Waals surface area contributed by atoms with Crippen LogP contribution in [0.5, 0.6) is 5.75 Å². The van der Waals surface area contributed by atoms with E-state index in [1.807, 2.05) is 76.1 Å². The third kappa shape index (κ3) is 6.32. The monoisotopic (exact) mass is 896 g/mol.